The molecule has 1 unspecified atom stereocenters. The Kier molecular flexibility index (Phi) is 3.56. The predicted octanol–water partition coefficient (Wildman–Crippen LogP) is -0.191. The van der Waals surface area contributed by atoms with E-state index in [0.717, 1.165) is 0 Å². The molecule has 1 amide bonds. The van der Waals surface area contributed by atoms with Crippen molar-refractivity contribution in [2.75, 3.05) is 0 Å². The van der Waals surface area contributed by atoms with Gasteiger partial charge in [0.2, 0.25) is 5.91 Å². The van der Waals surface area contributed by atoms with Crippen LogP contribution in [0, 0.1) is 0 Å². The first-order valence-electron chi connectivity index (χ1n) is 2.23. The van der Waals surface area contributed by atoms with Crippen LogP contribution in [0.5, 0.6) is 0 Å². The number of hydrogen-bond acceptors (Lipinski definition) is 2. The molecule has 48 valence electrons. The van der Waals surface area contributed by atoms with Crippen molar-refractivity contribution in [2.24, 2.45) is 5.73 Å². The van der Waals surface area contributed by atoms with E-state index in [4.69, 9.17) is 22.4 Å². The fourth-order valence-corrected chi connectivity index (χ4v) is 0.370. The first-order chi connectivity index (χ1) is 3.63. The molecule has 3 N–H and O–H groups in total. The number of primary amides is 1. The Hall–Kier alpha value is -0.280. The van der Waals surface area contributed by atoms with Crippen LogP contribution in [-0.2, 0) is 4.79 Å². The van der Waals surface area contributed by atoms with Gasteiger partial charge in [-0.1, -0.05) is 11.6 Å². The van der Waals surface area contributed by atoms with Gasteiger partial charge >= 0.3 is 0 Å². The molecule has 0 aromatic carbocycles. The normalized spacial score (nSPS) is 13.2. The zero-order valence-electron chi connectivity index (χ0n) is 4.30. The Balaban J connectivity index is 3.05. The molecule has 0 aromatic rings. The van der Waals surface area contributed by atoms with Crippen LogP contribution in [0.3, 0.4) is 0 Å². The molecule has 4 heteroatoms. The lowest BCUT2D eigenvalue weighted by atomic mass is 10.3. The number of amides is 1. The third-order valence-corrected chi connectivity index (χ3v) is 0.847. The highest BCUT2D eigenvalue weighted by atomic mass is 35.5. The van der Waals surface area contributed by atoms with Crippen LogP contribution in [0.4, 0.5) is 0 Å². The summed E-state index contributed by atoms with van der Waals surface area (Å²) in [6.07, 6.45) is 0.377. The number of aliphatic hydroxyl groups excluding tert-OH is 1. The Morgan fingerprint density at radius 2 is 2.38 bits per heavy atom. The maximum absolute atomic E-state index is 9.96. The van der Waals surface area contributed by atoms with E-state index >= 15 is 0 Å². The van der Waals surface area contributed by atoms with Gasteiger partial charge in [-0.2, -0.15) is 0 Å². The maximum atomic E-state index is 9.96. The van der Waals surface area contributed by atoms with E-state index in [1.807, 2.05) is 0 Å². The first kappa shape index (κ1) is 7.72. The molecule has 0 heterocycles. The van der Waals surface area contributed by atoms with Crippen molar-refractivity contribution in [2.45, 2.75) is 18.4 Å². The van der Waals surface area contributed by atoms with Gasteiger partial charge in [0.15, 0.2) is 0 Å². The van der Waals surface area contributed by atoms with Crippen LogP contribution in [0.25, 0.3) is 0 Å². The molecule has 0 saturated carbocycles. The van der Waals surface area contributed by atoms with Crippen molar-refractivity contribution in [1.82, 2.24) is 0 Å². The summed E-state index contributed by atoms with van der Waals surface area (Å²) < 4.78 is 0. The number of carbonyl (C=O) groups excluding carboxylic acids is 1. The van der Waals surface area contributed by atoms with E-state index in [9.17, 15) is 4.79 Å². The average Bonchev–Trinajstić information content (AvgIpc) is 1.61. The SMILES string of the molecule is NC(=O)CCC(O)Cl. The third kappa shape index (κ3) is 5.72. The number of nitrogens with two attached hydrogens (primary N) is 1. The molecule has 0 aliphatic heterocycles. The lowest BCUT2D eigenvalue weighted by Gasteiger charge is -1.95. The van der Waals surface area contributed by atoms with Gasteiger partial charge in [-0.15, -0.1) is 0 Å². The third-order valence-electron chi connectivity index (χ3n) is 0.629. The second kappa shape index (κ2) is 3.69. The van der Waals surface area contributed by atoms with E-state index in [0.29, 0.717) is 0 Å². The number of halogens is 1. The highest BCUT2D eigenvalue weighted by Crippen LogP contribution is 1.98. The second-order valence-electron chi connectivity index (χ2n) is 1.44. The molecule has 0 saturated heterocycles. The summed E-state index contributed by atoms with van der Waals surface area (Å²) in [5.41, 5.74) is 3.79. The van der Waals surface area contributed by atoms with Crippen molar-refractivity contribution < 1.29 is 9.90 Å². The molecule has 0 aliphatic carbocycles. The highest BCUT2D eigenvalue weighted by molar-refractivity contribution is 6.19. The minimum Gasteiger partial charge on any atom is -0.378 e. The molecular formula is C4H8ClNO2. The molecule has 0 fully saturated rings. The second-order valence-corrected chi connectivity index (χ2v) is 1.94. The van der Waals surface area contributed by atoms with E-state index in [-0.39, 0.29) is 12.8 Å². The van der Waals surface area contributed by atoms with Crippen LogP contribution in [0.2, 0.25) is 0 Å². The molecule has 0 aliphatic rings. The monoisotopic (exact) mass is 137 g/mol. The summed E-state index contributed by atoms with van der Waals surface area (Å²) in [5.74, 6) is -0.440. The average molecular weight is 138 g/mol. The summed E-state index contributed by atoms with van der Waals surface area (Å²) >= 11 is 5.07. The minimum atomic E-state index is -0.942. The van der Waals surface area contributed by atoms with E-state index in [1.165, 1.54) is 0 Å². The standard InChI is InChI=1S/C4H8ClNO2/c5-3(7)1-2-4(6)8/h3,7H,1-2H2,(H2,6,8). The highest BCUT2D eigenvalue weighted by Gasteiger charge is 1.99. The molecule has 1 atom stereocenters. The zero-order chi connectivity index (χ0) is 6.57. The Labute approximate surface area is 52.4 Å². The fourth-order valence-electron chi connectivity index (χ4n) is 0.261. The van der Waals surface area contributed by atoms with Gasteiger partial charge in [0.05, 0.1) is 0 Å². The van der Waals surface area contributed by atoms with Crippen molar-refractivity contribution in [3.05, 3.63) is 0 Å². The van der Waals surface area contributed by atoms with E-state index in [1.54, 1.807) is 0 Å². The molecule has 8 heavy (non-hydrogen) atoms. The summed E-state index contributed by atoms with van der Waals surface area (Å²) in [6.45, 7) is 0. The van der Waals surface area contributed by atoms with Crippen LogP contribution >= 0.6 is 11.6 Å². The first-order valence-corrected chi connectivity index (χ1v) is 2.67. The Morgan fingerprint density at radius 3 is 2.50 bits per heavy atom. The maximum Gasteiger partial charge on any atom is 0.217 e. The fraction of sp³-hybridized carbons (Fsp3) is 0.750. The number of aliphatic hydroxyl groups is 1. The van der Waals surface area contributed by atoms with Gasteiger partial charge in [0.25, 0.3) is 0 Å². The summed E-state index contributed by atoms with van der Waals surface area (Å²) in [4.78, 5) is 9.96. The van der Waals surface area contributed by atoms with Crippen molar-refractivity contribution >= 4 is 17.5 Å². The van der Waals surface area contributed by atoms with Gasteiger partial charge in [-0.25, -0.2) is 0 Å². The lowest BCUT2D eigenvalue weighted by molar-refractivity contribution is -0.118. The van der Waals surface area contributed by atoms with Crippen LogP contribution < -0.4 is 5.73 Å². The van der Waals surface area contributed by atoms with Crippen LogP contribution in [0.1, 0.15) is 12.8 Å². The summed E-state index contributed by atoms with van der Waals surface area (Å²) in [6, 6.07) is 0. The van der Waals surface area contributed by atoms with Gasteiger partial charge in [-0.3, -0.25) is 4.79 Å². The van der Waals surface area contributed by atoms with Gasteiger partial charge in [0.1, 0.15) is 5.56 Å². The topological polar surface area (TPSA) is 63.3 Å². The lowest BCUT2D eigenvalue weighted by Crippen LogP contribution is -2.12. The van der Waals surface area contributed by atoms with Crippen LogP contribution in [0.15, 0.2) is 0 Å². The molecule has 0 bridgehead atoms. The van der Waals surface area contributed by atoms with Crippen molar-refractivity contribution in [3.63, 3.8) is 0 Å². The van der Waals surface area contributed by atoms with Gasteiger partial charge in [0, 0.05) is 6.42 Å². The molecule has 0 rings (SSSR count). The number of rotatable bonds is 3. The molecule has 3 nitrogen and oxygen atoms in total. The Bertz CT molecular complexity index is 84.1. The number of hydrogen-bond donors (Lipinski definition) is 2. The van der Waals surface area contributed by atoms with Gasteiger partial charge in [-0.05, 0) is 6.42 Å². The largest absolute Gasteiger partial charge is 0.378 e. The Morgan fingerprint density at radius 1 is 1.88 bits per heavy atom. The summed E-state index contributed by atoms with van der Waals surface area (Å²) in [7, 11) is 0. The smallest absolute Gasteiger partial charge is 0.217 e. The van der Waals surface area contributed by atoms with E-state index in [2.05, 4.69) is 0 Å². The zero-order valence-corrected chi connectivity index (χ0v) is 5.06. The molecule has 0 aromatic heterocycles. The van der Waals surface area contributed by atoms with E-state index < -0.39 is 11.5 Å². The van der Waals surface area contributed by atoms with Crippen LogP contribution in [-0.4, -0.2) is 16.6 Å². The van der Waals surface area contributed by atoms with Crippen molar-refractivity contribution in [1.29, 1.82) is 0 Å². The van der Waals surface area contributed by atoms with Crippen molar-refractivity contribution in [3.8, 4) is 0 Å². The molecular weight excluding hydrogens is 130 g/mol. The summed E-state index contributed by atoms with van der Waals surface area (Å²) in [5, 5.41) is 8.36. The minimum absolute atomic E-state index is 0.144. The number of carbonyl (C=O) groups is 1. The van der Waals surface area contributed by atoms with Gasteiger partial charge < -0.3 is 10.8 Å². The number of alkyl halides is 1. The molecule has 0 radical (unpaired) electrons. The predicted molar refractivity (Wildman–Crippen MR) is 30.3 cm³/mol. The molecule has 0 spiro atoms. The quantitative estimate of drug-likeness (QED) is 0.530.